The van der Waals surface area contributed by atoms with Gasteiger partial charge in [0.05, 0.1) is 117 Å². The van der Waals surface area contributed by atoms with Gasteiger partial charge in [0.25, 0.3) is 50.1 Å². The van der Waals surface area contributed by atoms with Gasteiger partial charge in [0.1, 0.15) is 37.8 Å². The molecule has 0 bridgehead atoms. The van der Waals surface area contributed by atoms with Gasteiger partial charge >= 0.3 is 0 Å². The molecule has 10 aromatic rings. The normalized spacial score (nSPS) is 16.4. The van der Waals surface area contributed by atoms with Crippen LogP contribution in [0.2, 0.25) is 0 Å². The van der Waals surface area contributed by atoms with Gasteiger partial charge in [-0.25, -0.2) is 88.6 Å². The van der Waals surface area contributed by atoms with Crippen LogP contribution in [-0.4, -0.2) is 167 Å². The van der Waals surface area contributed by atoms with Crippen molar-refractivity contribution in [3.63, 3.8) is 0 Å². The largest absolute Gasteiger partial charge is 0.495 e. The first-order valence-electron chi connectivity index (χ1n) is 42.0. The molecule has 5 fully saturated rings. The van der Waals surface area contributed by atoms with Crippen molar-refractivity contribution < 1.29 is 103 Å². The molecule has 134 heavy (non-hydrogen) atoms. The fourth-order valence-corrected chi connectivity index (χ4v) is 29.7. The molecule has 0 saturated carbocycles. The number of methoxy groups -OCH3 is 3. The summed E-state index contributed by atoms with van der Waals surface area (Å²) in [5, 5.41) is 0. The van der Waals surface area contributed by atoms with Crippen molar-refractivity contribution in [3.05, 3.63) is 249 Å². The number of halogens is 1. The van der Waals surface area contributed by atoms with Crippen molar-refractivity contribution >= 4 is 157 Å². The quantitative estimate of drug-likeness (QED) is 0.0397. The number of hydrogen-bond acceptors (Lipinski definition) is 23. The van der Waals surface area contributed by atoms with Crippen LogP contribution < -0.4 is 59.3 Å². The van der Waals surface area contributed by atoms with Crippen LogP contribution in [0, 0.1) is 88.9 Å². The highest BCUT2D eigenvalue weighted by atomic mass is 32.2. The Morgan fingerprint density at radius 3 is 0.716 bits per heavy atom. The van der Waals surface area contributed by atoms with Crippen LogP contribution in [0.4, 0.5) is 61.3 Å². The summed E-state index contributed by atoms with van der Waals surface area (Å²) in [6, 6.07) is 46.5. The molecule has 5 heterocycles. The van der Waals surface area contributed by atoms with Crippen LogP contribution in [0.1, 0.15) is 98.9 Å². The second-order valence-corrected chi connectivity index (χ2v) is 51.1. The number of benzene rings is 10. The van der Waals surface area contributed by atoms with Crippen LogP contribution in [-0.2, 0) is 100 Å². The Kier molecular flexibility index (Phi) is 31.6. The van der Waals surface area contributed by atoms with Crippen LogP contribution in [0.5, 0.6) is 17.2 Å². The summed E-state index contributed by atoms with van der Waals surface area (Å²) in [4.78, 5) is 0.163. The van der Waals surface area contributed by atoms with E-state index in [2.05, 4.69) is 23.6 Å². The zero-order chi connectivity index (χ0) is 98.6. The van der Waals surface area contributed by atoms with Crippen molar-refractivity contribution in [2.75, 3.05) is 128 Å². The molecule has 0 spiro atoms. The van der Waals surface area contributed by atoms with E-state index in [-0.39, 0.29) is 76.2 Å². The van der Waals surface area contributed by atoms with Gasteiger partial charge in [-0.3, -0.25) is 45.1 Å². The van der Waals surface area contributed by atoms with Crippen LogP contribution in [0.15, 0.2) is 200 Å². The Hall–Kier alpha value is -11.0. The summed E-state index contributed by atoms with van der Waals surface area (Å²) in [5.41, 5.74) is 12.8. The minimum atomic E-state index is -4.15. The first-order valence-corrected chi connectivity index (χ1v) is 57.5. The molecule has 5 saturated heterocycles. The Morgan fingerprint density at radius 1 is 0.246 bits per heavy atom. The lowest BCUT2D eigenvalue weighted by atomic mass is 10.1. The zero-order valence-electron chi connectivity index (χ0n) is 76.4. The molecule has 5 N–H and O–H groups in total. The fraction of sp³-hybridized carbons (Fsp3) is 0.333. The minimum absolute atomic E-state index is 0.000159. The standard InChI is InChI=1S/C19H24N2O5S2.C18H22N2O5S2.2C18H22N2O4S2.C17H19FN2O5S2/c1-13-6-7-16(21-8-5-9-27(21,22)23)12-17(13)20-28(24,25)19-11-15(3)14(2)10-18(19)26-4;1-13-5-8-17(25-3)18(11-13)27(23,24)19-16-12-15(7-6-14(16)2)20-9-4-10-26(20,21)22;2*1-13-5-6-15(3)18(11-13)26(23,24)19-17-12-16(8-7-14(17)2)20-9-4-10-25(20,21)22;1-12-4-6-14(20-8-3-9-26(20,21)22)11-15(12)19-27(23,24)17-10-13(18)5-7-16(17)25-2/h6-7,10-12,20H,5,8-9H2,1-4H3;5-8,11-12,19H,4,9-10H2,1-3H3;2*5-8,11-12,19H,4,9-10H2,1-3H3;4-7,10-11,19H,3,8-9H2,1-2H3. The summed E-state index contributed by atoms with van der Waals surface area (Å²) >= 11 is 0. The van der Waals surface area contributed by atoms with E-state index in [1.54, 1.807) is 189 Å². The molecule has 0 atom stereocenters. The Balaban J connectivity index is 0.000000161. The SMILES string of the molecule is COc1cc(C)c(C)cc1S(=O)(=O)Nc1cc(N2CCCS2(=O)=O)ccc1C.COc1ccc(C)cc1S(=O)(=O)Nc1cc(N2CCCS2(=O)=O)ccc1C.COc1ccc(F)cc1S(=O)(=O)Nc1cc(N2CCCS2(=O)=O)ccc1C.Cc1ccc(C)c(S(=O)(=O)Nc2cc(N3CCCS3(=O)=O)ccc2C)c1.Cc1ccc(C)c(S(=O)(=O)Nc2cc(N3CCCS3(=O)=O)ccc2C)c1. The molecular weight excluding hydrogens is 1930 g/mol. The third kappa shape index (κ3) is 24.3. The Morgan fingerprint density at radius 2 is 0.463 bits per heavy atom. The number of ether oxygens (including phenoxy) is 3. The number of sulfonamides is 10. The number of rotatable bonds is 23. The van der Waals surface area contributed by atoms with E-state index < -0.39 is 106 Å². The Bertz CT molecular complexity index is 7100. The van der Waals surface area contributed by atoms with Crippen LogP contribution in [0.3, 0.4) is 0 Å². The van der Waals surface area contributed by atoms with E-state index in [4.69, 9.17) is 14.2 Å². The van der Waals surface area contributed by atoms with Gasteiger partial charge in [0, 0.05) is 32.7 Å². The van der Waals surface area contributed by atoms with E-state index >= 15 is 0 Å². The van der Waals surface area contributed by atoms with Crippen molar-refractivity contribution in [1.82, 2.24) is 0 Å². The number of anilines is 10. The maximum atomic E-state index is 13.6. The number of hydrogen-bond donors (Lipinski definition) is 5. The Labute approximate surface area is 787 Å². The van der Waals surface area contributed by atoms with Crippen molar-refractivity contribution in [2.45, 2.75) is 140 Å². The maximum Gasteiger partial charge on any atom is 0.265 e. The lowest BCUT2D eigenvalue weighted by Gasteiger charge is -2.20. The summed E-state index contributed by atoms with van der Waals surface area (Å²) in [6.45, 7) is 23.4. The molecule has 0 unspecified atom stereocenters. The molecule has 0 aromatic heterocycles. The van der Waals surface area contributed by atoms with E-state index in [0.717, 1.165) is 51.1 Å². The molecule has 5 aliphatic rings. The lowest BCUT2D eigenvalue weighted by Crippen LogP contribution is -2.25. The van der Waals surface area contributed by atoms with Gasteiger partial charge in [0.2, 0.25) is 50.1 Å². The molecule has 44 heteroatoms. The van der Waals surface area contributed by atoms with Crippen LogP contribution >= 0.6 is 0 Å². The first-order chi connectivity index (χ1) is 62.5. The molecule has 0 radical (unpaired) electrons. The van der Waals surface area contributed by atoms with E-state index in [9.17, 15) is 88.6 Å². The molecule has 724 valence electrons. The molecule has 0 amide bonds. The average molecular weight is 2040 g/mol. The summed E-state index contributed by atoms with van der Waals surface area (Å²) in [7, 11) is -32.2. The molecule has 0 aliphatic carbocycles. The summed E-state index contributed by atoms with van der Waals surface area (Å²) < 4.78 is 299. The van der Waals surface area contributed by atoms with Gasteiger partial charge in [0.15, 0.2) is 0 Å². The van der Waals surface area contributed by atoms with Crippen LogP contribution in [0.25, 0.3) is 0 Å². The number of nitrogens with one attached hydrogen (secondary N) is 5. The van der Waals surface area contributed by atoms with Crippen molar-refractivity contribution in [1.29, 1.82) is 0 Å². The maximum absolute atomic E-state index is 13.6. The summed E-state index contributed by atoms with van der Waals surface area (Å²) in [6.07, 6.45) is 2.76. The predicted molar refractivity (Wildman–Crippen MR) is 524 cm³/mol. The zero-order valence-corrected chi connectivity index (χ0v) is 84.6. The van der Waals surface area contributed by atoms with Crippen molar-refractivity contribution in [2.24, 2.45) is 0 Å². The van der Waals surface area contributed by atoms with E-state index in [1.807, 2.05) is 39.8 Å². The predicted octanol–water partition coefficient (Wildman–Crippen LogP) is 14.0. The van der Waals surface area contributed by atoms with E-state index in [1.165, 1.54) is 61.1 Å². The second kappa shape index (κ2) is 40.9. The second-order valence-electron chi connectivity index (χ2n) is 32.8. The van der Waals surface area contributed by atoms with Gasteiger partial charge in [-0.15, -0.1) is 0 Å². The van der Waals surface area contributed by atoms with Gasteiger partial charge in [-0.2, -0.15) is 0 Å². The number of nitrogens with zero attached hydrogens (tertiary/aromatic N) is 5. The highest BCUT2D eigenvalue weighted by Gasteiger charge is 2.36. The molecular formula is C90H109FN10O23S10. The monoisotopic (exact) mass is 2040 g/mol. The molecule has 33 nitrogen and oxygen atoms in total. The van der Waals surface area contributed by atoms with Gasteiger partial charge in [-0.1, -0.05) is 60.7 Å². The highest BCUT2D eigenvalue weighted by Crippen LogP contribution is 2.40. The van der Waals surface area contributed by atoms with Gasteiger partial charge < -0.3 is 14.2 Å². The smallest absolute Gasteiger partial charge is 0.265 e. The molecule has 5 aliphatic heterocycles. The van der Waals surface area contributed by atoms with Gasteiger partial charge in [-0.05, 0) is 297 Å². The summed E-state index contributed by atoms with van der Waals surface area (Å²) in [5.74, 6) is 0.266. The molecule has 15 rings (SSSR count). The average Bonchev–Trinajstić information content (AvgIpc) is 1.62. The third-order valence-corrected chi connectivity index (χ3v) is 39.1. The van der Waals surface area contributed by atoms with E-state index in [0.29, 0.717) is 144 Å². The lowest BCUT2D eigenvalue weighted by molar-refractivity contribution is 0.401. The topological polar surface area (TPSA) is 445 Å². The molecule has 10 aromatic carbocycles. The van der Waals surface area contributed by atoms with Crippen molar-refractivity contribution in [3.8, 4) is 17.2 Å². The highest BCUT2D eigenvalue weighted by molar-refractivity contribution is 7.95. The first kappa shape index (κ1) is 104. The third-order valence-electron chi connectivity index (χ3n) is 22.6. The minimum Gasteiger partial charge on any atom is -0.495 e. The number of aryl methyl sites for hydroxylation is 12. The fourth-order valence-electron chi connectivity index (χ4n) is 15.0.